The fraction of sp³-hybridized carbons (Fsp3) is 0.125. The van der Waals surface area contributed by atoms with E-state index in [1.807, 2.05) is 18.2 Å². The maximum Gasteiger partial charge on any atom is 0.0708 e. The number of hydrogen-bond donors (Lipinski definition) is 0. The highest BCUT2D eigenvalue weighted by molar-refractivity contribution is 6.73. The standard InChI is InChI=1S/C8H10Si/c1-9(2)8-6-4-3-5-7-8/h1,3-7,9H,2H3. The Morgan fingerprint density at radius 2 is 1.78 bits per heavy atom. The summed E-state index contributed by atoms with van der Waals surface area (Å²) in [7, 11) is -1.03. The lowest BCUT2D eigenvalue weighted by molar-refractivity contribution is 1.75. The Kier molecular flexibility index (Phi) is 2.06. The van der Waals surface area contributed by atoms with Gasteiger partial charge >= 0.3 is 0 Å². The smallest absolute Gasteiger partial charge is 0.0678 e. The molecule has 1 rings (SSSR count). The molecule has 0 aromatic heterocycles. The molecule has 0 saturated heterocycles. The lowest BCUT2D eigenvalue weighted by Gasteiger charge is -1.99. The van der Waals surface area contributed by atoms with Crippen LogP contribution in [0.2, 0.25) is 6.55 Å². The van der Waals surface area contributed by atoms with Crippen LogP contribution in [0.3, 0.4) is 0 Å². The van der Waals surface area contributed by atoms with Crippen molar-refractivity contribution in [3.05, 3.63) is 36.9 Å². The van der Waals surface area contributed by atoms with Gasteiger partial charge in [-0.1, -0.05) is 42.1 Å². The van der Waals surface area contributed by atoms with Crippen molar-refractivity contribution >= 4 is 14.0 Å². The van der Waals surface area contributed by atoms with Gasteiger partial charge in [-0.2, -0.15) is 0 Å². The first-order valence-electron chi connectivity index (χ1n) is 3.11. The molecule has 1 heteroatoms. The number of hydrogen-bond acceptors (Lipinski definition) is 0. The van der Waals surface area contributed by atoms with Gasteiger partial charge in [0.25, 0.3) is 0 Å². The van der Waals surface area contributed by atoms with E-state index < -0.39 is 8.80 Å². The van der Waals surface area contributed by atoms with Gasteiger partial charge in [0.2, 0.25) is 0 Å². The number of benzene rings is 1. The molecule has 1 unspecified atom stereocenters. The molecule has 0 fully saturated rings. The third-order valence-electron chi connectivity index (χ3n) is 1.33. The van der Waals surface area contributed by atoms with Crippen LogP contribution < -0.4 is 5.19 Å². The molecule has 1 aromatic rings. The second kappa shape index (κ2) is 2.83. The molecule has 1 atom stereocenters. The molecule has 0 saturated carbocycles. The lowest BCUT2D eigenvalue weighted by Crippen LogP contribution is -2.22. The van der Waals surface area contributed by atoms with E-state index in [-0.39, 0.29) is 0 Å². The van der Waals surface area contributed by atoms with Crippen molar-refractivity contribution in [2.45, 2.75) is 6.55 Å². The van der Waals surface area contributed by atoms with E-state index in [1.165, 1.54) is 5.19 Å². The van der Waals surface area contributed by atoms with E-state index >= 15 is 0 Å². The van der Waals surface area contributed by atoms with E-state index in [2.05, 4.69) is 18.7 Å². The van der Waals surface area contributed by atoms with Crippen LogP contribution in [0.25, 0.3) is 0 Å². The van der Waals surface area contributed by atoms with Crippen LogP contribution in [0.1, 0.15) is 0 Å². The molecule has 0 nitrogen and oxygen atoms in total. The normalized spacial score (nSPS) is 10.1. The van der Waals surface area contributed by atoms with Crippen molar-refractivity contribution in [3.63, 3.8) is 0 Å². The largest absolute Gasteiger partial charge is 0.0708 e. The van der Waals surface area contributed by atoms with Gasteiger partial charge in [-0.3, -0.25) is 0 Å². The zero-order valence-corrected chi connectivity index (χ0v) is 6.70. The highest BCUT2D eigenvalue weighted by Crippen LogP contribution is 1.85. The molecule has 0 spiro atoms. The number of rotatable bonds is 1. The Morgan fingerprint density at radius 3 is 2.11 bits per heavy atom. The summed E-state index contributed by atoms with van der Waals surface area (Å²) >= 11 is 0. The topological polar surface area (TPSA) is 0 Å². The first kappa shape index (κ1) is 6.56. The summed E-state index contributed by atoms with van der Waals surface area (Å²) in [5.74, 6) is 0. The molecule has 0 aliphatic carbocycles. The molecule has 2 radical (unpaired) electrons. The first-order valence-corrected chi connectivity index (χ1v) is 5.51. The molecule has 9 heavy (non-hydrogen) atoms. The van der Waals surface area contributed by atoms with Crippen molar-refractivity contribution in [2.75, 3.05) is 0 Å². The lowest BCUT2D eigenvalue weighted by atomic mass is 10.4. The average Bonchev–Trinajstić information content (AvgIpc) is 1.90. The Hall–Kier alpha value is -0.563. The van der Waals surface area contributed by atoms with Crippen LogP contribution in [-0.2, 0) is 0 Å². The highest BCUT2D eigenvalue weighted by Gasteiger charge is 1.95. The van der Waals surface area contributed by atoms with Gasteiger partial charge in [0, 0.05) is 0 Å². The van der Waals surface area contributed by atoms with E-state index in [0.717, 1.165) is 0 Å². The summed E-state index contributed by atoms with van der Waals surface area (Å²) in [5.41, 5.74) is 0. The van der Waals surface area contributed by atoms with Gasteiger partial charge in [0.1, 0.15) is 0 Å². The van der Waals surface area contributed by atoms with Gasteiger partial charge in [-0.15, -0.1) is 0 Å². The minimum absolute atomic E-state index is 1.03. The quantitative estimate of drug-likeness (QED) is 0.503. The monoisotopic (exact) mass is 134 g/mol. The van der Waals surface area contributed by atoms with Crippen LogP contribution >= 0.6 is 0 Å². The van der Waals surface area contributed by atoms with Crippen LogP contribution in [-0.4, -0.2) is 8.80 Å². The van der Waals surface area contributed by atoms with Crippen molar-refractivity contribution in [3.8, 4) is 0 Å². The first-order chi connectivity index (χ1) is 4.30. The Balaban J connectivity index is 2.85. The Morgan fingerprint density at radius 1 is 1.22 bits per heavy atom. The third kappa shape index (κ3) is 1.68. The predicted octanol–water partition coefficient (Wildman–Crippen LogP) is 1.00. The maximum absolute atomic E-state index is 5.75. The summed E-state index contributed by atoms with van der Waals surface area (Å²) < 4.78 is 0. The van der Waals surface area contributed by atoms with Crippen LogP contribution in [0.15, 0.2) is 30.3 Å². The van der Waals surface area contributed by atoms with E-state index in [4.69, 9.17) is 6.55 Å². The summed E-state index contributed by atoms with van der Waals surface area (Å²) in [6, 6.07) is 10.3. The summed E-state index contributed by atoms with van der Waals surface area (Å²) in [4.78, 5) is 0. The maximum atomic E-state index is 5.75. The van der Waals surface area contributed by atoms with Gasteiger partial charge in [-0.25, -0.2) is 0 Å². The zero-order chi connectivity index (χ0) is 6.69. The second-order valence-electron chi connectivity index (χ2n) is 2.20. The molecule has 46 valence electrons. The molecule has 0 aliphatic heterocycles. The Labute approximate surface area is 58.1 Å². The minimum atomic E-state index is -1.03. The fourth-order valence-corrected chi connectivity index (χ4v) is 1.59. The van der Waals surface area contributed by atoms with E-state index in [0.29, 0.717) is 0 Å². The van der Waals surface area contributed by atoms with Crippen molar-refractivity contribution in [2.24, 2.45) is 0 Å². The average molecular weight is 134 g/mol. The second-order valence-corrected chi connectivity index (χ2v) is 4.44. The van der Waals surface area contributed by atoms with E-state index in [9.17, 15) is 0 Å². The van der Waals surface area contributed by atoms with Gasteiger partial charge in [0.15, 0.2) is 0 Å². The molecular formula is C8H10Si. The van der Waals surface area contributed by atoms with Crippen molar-refractivity contribution in [1.29, 1.82) is 0 Å². The molecule has 0 bridgehead atoms. The van der Waals surface area contributed by atoms with Crippen LogP contribution in [0, 0.1) is 6.55 Å². The fourth-order valence-electron chi connectivity index (χ4n) is 0.757. The molecular weight excluding hydrogens is 124 g/mol. The summed E-state index contributed by atoms with van der Waals surface area (Å²) in [6.45, 7) is 7.87. The van der Waals surface area contributed by atoms with Gasteiger partial charge < -0.3 is 0 Å². The van der Waals surface area contributed by atoms with Crippen LogP contribution in [0.5, 0.6) is 0 Å². The van der Waals surface area contributed by atoms with Gasteiger partial charge in [0.05, 0.1) is 8.80 Å². The zero-order valence-electron chi connectivity index (χ0n) is 5.54. The summed E-state index contributed by atoms with van der Waals surface area (Å²) in [6.07, 6.45) is 0. The van der Waals surface area contributed by atoms with Crippen LogP contribution in [0.4, 0.5) is 0 Å². The third-order valence-corrected chi connectivity index (χ3v) is 2.76. The molecule has 0 N–H and O–H groups in total. The molecule has 0 amide bonds. The molecule has 1 aromatic carbocycles. The van der Waals surface area contributed by atoms with Gasteiger partial charge in [-0.05, 0) is 6.55 Å². The SMILES string of the molecule is [CH][SiH](C)c1ccccc1. The summed E-state index contributed by atoms with van der Waals surface area (Å²) in [5, 5.41) is 1.33. The van der Waals surface area contributed by atoms with E-state index in [1.54, 1.807) is 0 Å². The highest BCUT2D eigenvalue weighted by atomic mass is 28.3. The minimum Gasteiger partial charge on any atom is -0.0678 e. The predicted molar refractivity (Wildman–Crippen MR) is 43.4 cm³/mol. The van der Waals surface area contributed by atoms with Crippen molar-refractivity contribution in [1.82, 2.24) is 0 Å². The Bertz CT molecular complexity index is 167. The molecule has 0 aliphatic rings. The van der Waals surface area contributed by atoms with Crippen molar-refractivity contribution < 1.29 is 0 Å². The molecule has 0 heterocycles.